The minimum atomic E-state index is -0.132. The molecule has 0 aliphatic carbocycles. The second-order valence-electron chi connectivity index (χ2n) is 6.38. The van der Waals surface area contributed by atoms with Gasteiger partial charge in [-0.3, -0.25) is 0 Å². The fraction of sp³-hybridized carbons (Fsp3) is 0.750. The van der Waals surface area contributed by atoms with Gasteiger partial charge in [0.05, 0.1) is 6.10 Å². The highest BCUT2D eigenvalue weighted by Gasteiger charge is 2.19. The minimum absolute atomic E-state index is 0.132. The molecule has 1 aromatic heterocycles. The molecule has 1 aromatic rings. The van der Waals surface area contributed by atoms with Crippen LogP contribution in [0, 0.1) is 0 Å². The van der Waals surface area contributed by atoms with Crippen molar-refractivity contribution in [2.24, 2.45) is 0 Å². The van der Waals surface area contributed by atoms with Crippen LogP contribution in [-0.4, -0.2) is 16.1 Å². The first-order valence-electron chi connectivity index (χ1n) is 7.54. The molecule has 20 heavy (non-hydrogen) atoms. The van der Waals surface area contributed by atoms with Gasteiger partial charge in [0, 0.05) is 11.5 Å². The molecule has 0 aliphatic heterocycles. The molecule has 4 heteroatoms. The standard InChI is InChI=1S/C16H27ClN2O/c1-6-7-8-9-10-12(2)20-14-11-13(17)18-15(19-14)16(3,4)5/h11-12H,6-10H2,1-5H3. The molecule has 0 bridgehead atoms. The van der Waals surface area contributed by atoms with Crippen molar-refractivity contribution in [3.05, 3.63) is 17.0 Å². The number of ether oxygens (including phenoxy) is 1. The van der Waals surface area contributed by atoms with Gasteiger partial charge in [-0.1, -0.05) is 58.6 Å². The van der Waals surface area contributed by atoms with Crippen LogP contribution in [0.25, 0.3) is 0 Å². The van der Waals surface area contributed by atoms with Gasteiger partial charge in [-0.25, -0.2) is 4.98 Å². The Kier molecular flexibility index (Phi) is 6.74. The molecule has 1 atom stereocenters. The molecule has 0 radical (unpaired) electrons. The molecule has 1 unspecified atom stereocenters. The van der Waals surface area contributed by atoms with Crippen molar-refractivity contribution in [2.75, 3.05) is 0 Å². The third-order valence-corrected chi connectivity index (χ3v) is 3.32. The van der Waals surface area contributed by atoms with Crippen molar-refractivity contribution >= 4 is 11.6 Å². The molecule has 3 nitrogen and oxygen atoms in total. The maximum Gasteiger partial charge on any atom is 0.218 e. The number of rotatable bonds is 7. The Labute approximate surface area is 128 Å². The second kappa shape index (κ2) is 7.82. The molecular weight excluding hydrogens is 272 g/mol. The van der Waals surface area contributed by atoms with Crippen LogP contribution in [0.2, 0.25) is 5.15 Å². The summed E-state index contributed by atoms with van der Waals surface area (Å²) in [4.78, 5) is 8.74. The van der Waals surface area contributed by atoms with E-state index < -0.39 is 0 Å². The Morgan fingerprint density at radius 1 is 1.20 bits per heavy atom. The first kappa shape index (κ1) is 17.2. The topological polar surface area (TPSA) is 35.0 Å². The summed E-state index contributed by atoms with van der Waals surface area (Å²) in [6.07, 6.45) is 6.21. The van der Waals surface area contributed by atoms with Crippen molar-refractivity contribution in [3.8, 4) is 5.88 Å². The third-order valence-electron chi connectivity index (χ3n) is 3.13. The molecule has 114 valence electrons. The highest BCUT2D eigenvalue weighted by molar-refractivity contribution is 6.29. The highest BCUT2D eigenvalue weighted by atomic mass is 35.5. The molecule has 0 fully saturated rings. The van der Waals surface area contributed by atoms with Gasteiger partial charge in [0.15, 0.2) is 0 Å². The number of hydrogen-bond donors (Lipinski definition) is 0. The molecule has 0 spiro atoms. The molecular formula is C16H27ClN2O. The van der Waals surface area contributed by atoms with Crippen molar-refractivity contribution in [3.63, 3.8) is 0 Å². The Balaban J connectivity index is 2.61. The zero-order valence-corrected chi connectivity index (χ0v) is 14.1. The first-order valence-corrected chi connectivity index (χ1v) is 7.92. The summed E-state index contributed by atoms with van der Waals surface area (Å²) >= 11 is 6.05. The summed E-state index contributed by atoms with van der Waals surface area (Å²) in [5.41, 5.74) is -0.132. The molecule has 0 amide bonds. The number of nitrogens with zero attached hydrogens (tertiary/aromatic N) is 2. The van der Waals surface area contributed by atoms with Crippen LogP contribution in [0.4, 0.5) is 0 Å². The quantitative estimate of drug-likeness (QED) is 0.515. The molecule has 0 saturated heterocycles. The summed E-state index contributed by atoms with van der Waals surface area (Å²) in [6, 6.07) is 1.69. The lowest BCUT2D eigenvalue weighted by Gasteiger charge is -2.19. The normalized spacial score (nSPS) is 13.3. The highest BCUT2D eigenvalue weighted by Crippen LogP contribution is 2.24. The zero-order chi connectivity index (χ0) is 15.2. The van der Waals surface area contributed by atoms with Gasteiger partial charge in [-0.15, -0.1) is 0 Å². The maximum atomic E-state index is 6.05. The Morgan fingerprint density at radius 2 is 1.90 bits per heavy atom. The summed E-state index contributed by atoms with van der Waals surface area (Å²) < 4.78 is 5.88. The maximum absolute atomic E-state index is 6.05. The summed E-state index contributed by atoms with van der Waals surface area (Å²) in [5.74, 6) is 1.30. The Morgan fingerprint density at radius 3 is 2.50 bits per heavy atom. The number of aromatic nitrogens is 2. The van der Waals surface area contributed by atoms with Gasteiger partial charge in [-0.2, -0.15) is 4.98 Å². The fourth-order valence-electron chi connectivity index (χ4n) is 1.92. The Bertz CT molecular complexity index is 415. The van der Waals surface area contributed by atoms with Crippen molar-refractivity contribution in [1.29, 1.82) is 0 Å². The van der Waals surface area contributed by atoms with Crippen LogP contribution in [0.15, 0.2) is 6.07 Å². The van der Waals surface area contributed by atoms with Gasteiger partial charge in [0.1, 0.15) is 11.0 Å². The summed E-state index contributed by atoms with van der Waals surface area (Å²) in [6.45, 7) is 10.5. The molecule has 1 rings (SSSR count). The van der Waals surface area contributed by atoms with Gasteiger partial charge in [0.25, 0.3) is 0 Å². The van der Waals surface area contributed by atoms with E-state index >= 15 is 0 Å². The third kappa shape index (κ3) is 6.08. The predicted molar refractivity (Wildman–Crippen MR) is 84.6 cm³/mol. The molecule has 0 saturated carbocycles. The van der Waals surface area contributed by atoms with E-state index in [1.807, 2.05) is 0 Å². The number of unbranched alkanes of at least 4 members (excludes halogenated alkanes) is 3. The van der Waals surface area contributed by atoms with Crippen molar-refractivity contribution < 1.29 is 4.74 Å². The van der Waals surface area contributed by atoms with Crippen LogP contribution in [0.1, 0.15) is 72.5 Å². The SMILES string of the molecule is CCCCCCC(C)Oc1cc(Cl)nc(C(C)(C)C)n1. The summed E-state index contributed by atoms with van der Waals surface area (Å²) in [5, 5.41) is 0.443. The predicted octanol–water partition coefficient (Wildman–Crippen LogP) is 5.17. The summed E-state index contributed by atoms with van der Waals surface area (Å²) in [7, 11) is 0. The monoisotopic (exact) mass is 298 g/mol. The van der Waals surface area contributed by atoms with Crippen LogP contribution >= 0.6 is 11.6 Å². The van der Waals surface area contributed by atoms with Crippen LogP contribution in [0.3, 0.4) is 0 Å². The second-order valence-corrected chi connectivity index (χ2v) is 6.77. The van der Waals surface area contributed by atoms with E-state index in [0.717, 1.165) is 12.2 Å². The van der Waals surface area contributed by atoms with E-state index in [1.165, 1.54) is 25.7 Å². The van der Waals surface area contributed by atoms with Crippen LogP contribution < -0.4 is 4.74 Å². The van der Waals surface area contributed by atoms with Crippen molar-refractivity contribution in [2.45, 2.75) is 78.2 Å². The van der Waals surface area contributed by atoms with E-state index in [2.05, 4.69) is 44.6 Å². The molecule has 0 aliphatic rings. The number of hydrogen-bond acceptors (Lipinski definition) is 3. The average molecular weight is 299 g/mol. The lowest BCUT2D eigenvalue weighted by molar-refractivity contribution is 0.196. The first-order chi connectivity index (χ1) is 9.32. The van der Waals surface area contributed by atoms with Gasteiger partial charge in [-0.05, 0) is 19.8 Å². The van der Waals surface area contributed by atoms with Gasteiger partial charge < -0.3 is 4.74 Å². The van der Waals surface area contributed by atoms with Crippen LogP contribution in [0.5, 0.6) is 5.88 Å². The average Bonchev–Trinajstić information content (AvgIpc) is 2.33. The van der Waals surface area contributed by atoms with E-state index in [-0.39, 0.29) is 11.5 Å². The lowest BCUT2D eigenvalue weighted by Crippen LogP contribution is -2.18. The largest absolute Gasteiger partial charge is 0.475 e. The van der Waals surface area contributed by atoms with E-state index in [1.54, 1.807) is 6.07 Å². The fourth-order valence-corrected chi connectivity index (χ4v) is 2.09. The van der Waals surface area contributed by atoms with E-state index in [9.17, 15) is 0 Å². The lowest BCUT2D eigenvalue weighted by atomic mass is 9.96. The van der Waals surface area contributed by atoms with Crippen LogP contribution in [-0.2, 0) is 5.41 Å². The minimum Gasteiger partial charge on any atom is -0.475 e. The van der Waals surface area contributed by atoms with Gasteiger partial charge >= 0.3 is 0 Å². The van der Waals surface area contributed by atoms with Crippen molar-refractivity contribution in [1.82, 2.24) is 9.97 Å². The smallest absolute Gasteiger partial charge is 0.218 e. The zero-order valence-electron chi connectivity index (χ0n) is 13.4. The molecule has 0 N–H and O–H groups in total. The van der Waals surface area contributed by atoms with E-state index in [0.29, 0.717) is 11.0 Å². The van der Waals surface area contributed by atoms with Gasteiger partial charge in [0.2, 0.25) is 5.88 Å². The van der Waals surface area contributed by atoms with E-state index in [4.69, 9.17) is 16.3 Å². The number of halogens is 1. The molecule has 0 aromatic carbocycles. The Hall–Kier alpha value is -0.830. The molecule has 1 heterocycles.